The van der Waals surface area contributed by atoms with Crippen molar-refractivity contribution >= 4 is 29.5 Å². The Hall–Kier alpha value is -1.55. The third-order valence-corrected chi connectivity index (χ3v) is 2.90. The van der Waals surface area contributed by atoms with Gasteiger partial charge in [0.25, 0.3) is 0 Å². The average Bonchev–Trinajstić information content (AvgIpc) is 2.35. The van der Waals surface area contributed by atoms with Gasteiger partial charge in [0.15, 0.2) is 6.29 Å². The predicted molar refractivity (Wildman–Crippen MR) is 73.4 cm³/mol. The van der Waals surface area contributed by atoms with Crippen molar-refractivity contribution in [3.8, 4) is 0 Å². The van der Waals surface area contributed by atoms with Crippen molar-refractivity contribution in [3.05, 3.63) is 28.8 Å². The van der Waals surface area contributed by atoms with Crippen LogP contribution < -0.4 is 4.90 Å². The van der Waals surface area contributed by atoms with E-state index in [1.54, 1.807) is 32.3 Å². The Morgan fingerprint density at radius 1 is 1.39 bits per heavy atom. The number of carbonyl (C=O) groups is 2. The van der Waals surface area contributed by atoms with E-state index >= 15 is 0 Å². The van der Waals surface area contributed by atoms with Gasteiger partial charge in [0.1, 0.15) is 0 Å². The molecule has 0 aliphatic heterocycles. The van der Waals surface area contributed by atoms with E-state index in [2.05, 4.69) is 0 Å². The Kier molecular flexibility index (Phi) is 5.16. The van der Waals surface area contributed by atoms with Crippen LogP contribution in [0.1, 0.15) is 17.3 Å². The van der Waals surface area contributed by atoms with Crippen molar-refractivity contribution in [2.75, 3.05) is 32.1 Å². The Morgan fingerprint density at radius 3 is 2.56 bits per heavy atom. The van der Waals surface area contributed by atoms with Gasteiger partial charge in [-0.25, -0.2) is 0 Å². The molecule has 0 saturated carbocycles. The van der Waals surface area contributed by atoms with E-state index in [4.69, 9.17) is 11.6 Å². The Balaban J connectivity index is 3.01. The minimum Gasteiger partial charge on any atom is -0.362 e. The molecule has 1 amide bonds. The van der Waals surface area contributed by atoms with E-state index in [1.807, 2.05) is 11.8 Å². The molecule has 0 fully saturated rings. The molecule has 0 bridgehead atoms. The van der Waals surface area contributed by atoms with Gasteiger partial charge in [-0.3, -0.25) is 9.59 Å². The van der Waals surface area contributed by atoms with Gasteiger partial charge in [-0.15, -0.1) is 0 Å². The number of aldehydes is 1. The lowest BCUT2D eigenvalue weighted by molar-refractivity contribution is -0.127. The van der Waals surface area contributed by atoms with Gasteiger partial charge in [-0.1, -0.05) is 11.6 Å². The zero-order chi connectivity index (χ0) is 13.7. The molecule has 0 unspecified atom stereocenters. The van der Waals surface area contributed by atoms with Crippen LogP contribution in [0.5, 0.6) is 0 Å². The Labute approximate surface area is 112 Å². The number of halogens is 1. The molecule has 5 heteroatoms. The van der Waals surface area contributed by atoms with Crippen LogP contribution in [0.4, 0.5) is 5.69 Å². The maximum atomic E-state index is 11.7. The molecule has 0 aliphatic carbocycles. The Bertz CT molecular complexity index is 447. The number of rotatable bonds is 5. The van der Waals surface area contributed by atoms with Crippen LogP contribution in [0.25, 0.3) is 0 Å². The first kappa shape index (κ1) is 14.5. The van der Waals surface area contributed by atoms with Crippen LogP contribution in [-0.4, -0.2) is 44.3 Å². The summed E-state index contributed by atoms with van der Waals surface area (Å²) in [6, 6.07) is 5.08. The molecule has 0 aromatic heterocycles. The van der Waals surface area contributed by atoms with E-state index in [0.717, 1.165) is 12.0 Å². The molecule has 1 aromatic carbocycles. The highest BCUT2D eigenvalue weighted by molar-refractivity contribution is 6.31. The van der Waals surface area contributed by atoms with Crippen molar-refractivity contribution in [3.63, 3.8) is 0 Å². The maximum absolute atomic E-state index is 11.7. The molecule has 98 valence electrons. The molecule has 1 aromatic rings. The number of nitrogens with zero attached hydrogens (tertiary/aromatic N) is 2. The lowest BCUT2D eigenvalue weighted by Gasteiger charge is -2.25. The minimum absolute atomic E-state index is 0.0105. The van der Waals surface area contributed by atoms with Gasteiger partial charge in [-0.05, 0) is 25.1 Å². The van der Waals surface area contributed by atoms with Crippen molar-refractivity contribution < 1.29 is 9.59 Å². The molecule has 0 spiro atoms. The summed E-state index contributed by atoms with van der Waals surface area (Å²) in [7, 11) is 3.41. The number of hydrogen-bond acceptors (Lipinski definition) is 3. The van der Waals surface area contributed by atoms with E-state index in [1.165, 1.54) is 4.90 Å². The summed E-state index contributed by atoms with van der Waals surface area (Å²) < 4.78 is 0. The number of anilines is 1. The van der Waals surface area contributed by atoms with Crippen molar-refractivity contribution in [1.29, 1.82) is 0 Å². The fourth-order valence-corrected chi connectivity index (χ4v) is 1.76. The summed E-state index contributed by atoms with van der Waals surface area (Å²) in [6.07, 6.45) is 0.754. The molecular weight excluding hydrogens is 252 g/mol. The predicted octanol–water partition coefficient (Wildman–Crippen LogP) is 2.07. The number of carbonyl (C=O) groups excluding carboxylic acids is 2. The molecule has 18 heavy (non-hydrogen) atoms. The zero-order valence-electron chi connectivity index (χ0n) is 10.8. The smallest absolute Gasteiger partial charge is 0.241 e. The summed E-state index contributed by atoms with van der Waals surface area (Å²) >= 11 is 5.85. The van der Waals surface area contributed by atoms with E-state index in [0.29, 0.717) is 17.1 Å². The van der Waals surface area contributed by atoms with Gasteiger partial charge in [0.2, 0.25) is 5.91 Å². The number of hydrogen-bond donors (Lipinski definition) is 0. The first-order valence-electron chi connectivity index (χ1n) is 5.69. The van der Waals surface area contributed by atoms with Gasteiger partial charge < -0.3 is 9.80 Å². The highest BCUT2D eigenvalue weighted by atomic mass is 35.5. The van der Waals surface area contributed by atoms with E-state index in [9.17, 15) is 9.59 Å². The van der Waals surface area contributed by atoms with E-state index < -0.39 is 0 Å². The monoisotopic (exact) mass is 268 g/mol. The summed E-state index contributed by atoms with van der Waals surface area (Å²) in [6.45, 7) is 2.82. The van der Waals surface area contributed by atoms with Gasteiger partial charge >= 0.3 is 0 Å². The number of likely N-dealkylation sites (N-methyl/N-ethyl adjacent to an activating group) is 2. The second kappa shape index (κ2) is 6.40. The van der Waals surface area contributed by atoms with Crippen LogP contribution >= 0.6 is 11.6 Å². The van der Waals surface area contributed by atoms with Crippen LogP contribution in [-0.2, 0) is 4.79 Å². The van der Waals surface area contributed by atoms with Gasteiger partial charge in [0, 0.05) is 36.9 Å². The molecule has 0 heterocycles. The molecular formula is C13H17ClN2O2. The zero-order valence-corrected chi connectivity index (χ0v) is 11.6. The highest BCUT2D eigenvalue weighted by Gasteiger charge is 2.14. The normalized spacial score (nSPS) is 10.0. The van der Waals surface area contributed by atoms with Crippen LogP contribution in [0.3, 0.4) is 0 Å². The van der Waals surface area contributed by atoms with Crippen LogP contribution in [0.2, 0.25) is 5.02 Å². The van der Waals surface area contributed by atoms with Crippen molar-refractivity contribution in [2.45, 2.75) is 6.92 Å². The summed E-state index contributed by atoms with van der Waals surface area (Å²) in [5.41, 5.74) is 1.23. The largest absolute Gasteiger partial charge is 0.362 e. The summed E-state index contributed by atoms with van der Waals surface area (Å²) in [5, 5.41) is 0.510. The fourth-order valence-electron chi connectivity index (χ4n) is 1.58. The number of benzene rings is 1. The van der Waals surface area contributed by atoms with Crippen LogP contribution in [0.15, 0.2) is 18.2 Å². The second-order valence-corrected chi connectivity index (χ2v) is 4.56. The Morgan fingerprint density at radius 2 is 2.06 bits per heavy atom. The van der Waals surface area contributed by atoms with Gasteiger partial charge in [0.05, 0.1) is 6.54 Å². The standard InChI is InChI=1S/C13H17ClN2O2/c1-4-16(8-13(18)15(2)3)12-6-5-11(14)7-10(12)9-17/h5-7,9H,4,8H2,1-3H3. The summed E-state index contributed by atoms with van der Waals surface area (Å²) in [5.74, 6) is -0.0105. The van der Waals surface area contributed by atoms with Crippen LogP contribution in [0, 0.1) is 0 Å². The van der Waals surface area contributed by atoms with E-state index in [-0.39, 0.29) is 12.5 Å². The molecule has 0 atom stereocenters. The lowest BCUT2D eigenvalue weighted by atomic mass is 10.1. The number of amides is 1. The topological polar surface area (TPSA) is 40.6 Å². The first-order valence-corrected chi connectivity index (χ1v) is 6.07. The fraction of sp³-hybridized carbons (Fsp3) is 0.385. The first-order chi connectivity index (χ1) is 8.49. The average molecular weight is 269 g/mol. The second-order valence-electron chi connectivity index (χ2n) is 4.12. The molecule has 0 N–H and O–H groups in total. The SMILES string of the molecule is CCN(CC(=O)N(C)C)c1ccc(Cl)cc1C=O. The molecule has 0 radical (unpaired) electrons. The third-order valence-electron chi connectivity index (χ3n) is 2.66. The molecule has 0 aliphatic rings. The van der Waals surface area contributed by atoms with Crippen molar-refractivity contribution in [1.82, 2.24) is 4.90 Å². The highest BCUT2D eigenvalue weighted by Crippen LogP contribution is 2.23. The summed E-state index contributed by atoms with van der Waals surface area (Å²) in [4.78, 5) is 26.1. The van der Waals surface area contributed by atoms with Gasteiger partial charge in [-0.2, -0.15) is 0 Å². The molecule has 0 saturated heterocycles. The minimum atomic E-state index is -0.0105. The quantitative estimate of drug-likeness (QED) is 0.768. The van der Waals surface area contributed by atoms with Crippen molar-refractivity contribution in [2.24, 2.45) is 0 Å². The molecule has 4 nitrogen and oxygen atoms in total. The molecule has 1 rings (SSSR count). The third kappa shape index (κ3) is 3.47. The lowest BCUT2D eigenvalue weighted by Crippen LogP contribution is -2.37. The maximum Gasteiger partial charge on any atom is 0.241 e.